The molecule has 0 aromatic carbocycles. The van der Waals surface area contributed by atoms with E-state index in [1.165, 1.54) is 0 Å². The van der Waals surface area contributed by atoms with Crippen molar-refractivity contribution in [2.75, 3.05) is 0 Å². The van der Waals surface area contributed by atoms with Crippen LogP contribution < -0.4 is 0 Å². The first-order chi connectivity index (χ1) is 4.70. The van der Waals surface area contributed by atoms with Gasteiger partial charge in [0.1, 0.15) is 0 Å². The summed E-state index contributed by atoms with van der Waals surface area (Å²) in [7, 11) is 0. The third-order valence-electron chi connectivity index (χ3n) is 1.65. The van der Waals surface area contributed by atoms with Gasteiger partial charge in [-0.15, -0.1) is 0 Å². The molecule has 10 heavy (non-hydrogen) atoms. The SMILES string of the molecule is CC1=CCCC(C)OC1=O. The van der Waals surface area contributed by atoms with Crippen LogP contribution in [0.3, 0.4) is 0 Å². The molecule has 0 radical (unpaired) electrons. The molecule has 0 N–H and O–H groups in total. The number of carbonyl (C=O) groups excluding carboxylic acids is 1. The molecule has 0 aromatic rings. The standard InChI is InChI=1S/C8H12O2/c1-6-4-3-5-7(2)10-8(6)9/h4,7H,3,5H2,1-2H3. The number of hydrogen-bond donors (Lipinski definition) is 0. The molecule has 1 unspecified atom stereocenters. The Morgan fingerprint density at radius 2 is 2.40 bits per heavy atom. The first kappa shape index (κ1) is 7.32. The van der Waals surface area contributed by atoms with E-state index in [0.717, 1.165) is 18.4 Å². The van der Waals surface area contributed by atoms with Crippen LogP contribution in [-0.2, 0) is 9.53 Å². The van der Waals surface area contributed by atoms with Crippen LogP contribution in [0.4, 0.5) is 0 Å². The van der Waals surface area contributed by atoms with Gasteiger partial charge in [0.2, 0.25) is 0 Å². The molecule has 1 atom stereocenters. The molecule has 0 fully saturated rings. The summed E-state index contributed by atoms with van der Waals surface area (Å²) in [4.78, 5) is 10.9. The van der Waals surface area contributed by atoms with Gasteiger partial charge in [0.15, 0.2) is 0 Å². The van der Waals surface area contributed by atoms with Gasteiger partial charge >= 0.3 is 5.97 Å². The second-order valence-electron chi connectivity index (χ2n) is 2.68. The van der Waals surface area contributed by atoms with E-state index in [1.54, 1.807) is 6.92 Å². The number of rotatable bonds is 0. The lowest BCUT2D eigenvalue weighted by atomic mass is 10.2. The van der Waals surface area contributed by atoms with E-state index in [-0.39, 0.29) is 12.1 Å². The fourth-order valence-electron chi connectivity index (χ4n) is 0.952. The number of ether oxygens (including phenoxy) is 1. The van der Waals surface area contributed by atoms with Crippen molar-refractivity contribution >= 4 is 5.97 Å². The van der Waals surface area contributed by atoms with E-state index < -0.39 is 0 Å². The van der Waals surface area contributed by atoms with Crippen molar-refractivity contribution in [1.29, 1.82) is 0 Å². The summed E-state index contributed by atoms with van der Waals surface area (Å²) in [5, 5.41) is 0. The minimum absolute atomic E-state index is 0.0844. The normalized spacial score (nSPS) is 26.8. The highest BCUT2D eigenvalue weighted by Crippen LogP contribution is 2.12. The molecule has 0 aromatic heterocycles. The van der Waals surface area contributed by atoms with Gasteiger partial charge in [0.05, 0.1) is 6.10 Å². The lowest BCUT2D eigenvalue weighted by molar-refractivity contribution is -0.143. The highest BCUT2D eigenvalue weighted by atomic mass is 16.5. The topological polar surface area (TPSA) is 26.3 Å². The third kappa shape index (κ3) is 1.59. The molecular formula is C8H12O2. The number of carbonyl (C=O) groups is 1. The summed E-state index contributed by atoms with van der Waals surface area (Å²) in [5.74, 6) is -0.162. The Labute approximate surface area is 60.9 Å². The van der Waals surface area contributed by atoms with Crippen LogP contribution in [0.2, 0.25) is 0 Å². The summed E-state index contributed by atoms with van der Waals surface area (Å²) in [6.45, 7) is 3.71. The van der Waals surface area contributed by atoms with Gasteiger partial charge < -0.3 is 4.74 Å². The molecule has 0 aliphatic carbocycles. The van der Waals surface area contributed by atoms with Crippen LogP contribution in [0, 0.1) is 0 Å². The van der Waals surface area contributed by atoms with Crippen molar-refractivity contribution in [2.24, 2.45) is 0 Å². The minimum atomic E-state index is -0.162. The van der Waals surface area contributed by atoms with Gasteiger partial charge in [-0.2, -0.15) is 0 Å². The molecule has 1 heterocycles. The molecule has 0 amide bonds. The first-order valence-corrected chi connectivity index (χ1v) is 3.58. The molecule has 1 aliphatic rings. The van der Waals surface area contributed by atoms with Crippen molar-refractivity contribution in [3.63, 3.8) is 0 Å². The predicted molar refractivity (Wildman–Crippen MR) is 38.5 cm³/mol. The summed E-state index contributed by atoms with van der Waals surface area (Å²) in [5.41, 5.74) is 0.740. The zero-order chi connectivity index (χ0) is 7.56. The lowest BCUT2D eigenvalue weighted by Crippen LogP contribution is -2.12. The van der Waals surface area contributed by atoms with E-state index in [4.69, 9.17) is 4.74 Å². The Kier molecular flexibility index (Phi) is 2.10. The maximum Gasteiger partial charge on any atom is 0.333 e. The van der Waals surface area contributed by atoms with E-state index in [0.29, 0.717) is 0 Å². The molecule has 2 nitrogen and oxygen atoms in total. The van der Waals surface area contributed by atoms with Crippen LogP contribution in [0.5, 0.6) is 0 Å². The zero-order valence-corrected chi connectivity index (χ0v) is 6.39. The van der Waals surface area contributed by atoms with Crippen molar-refractivity contribution in [2.45, 2.75) is 32.8 Å². The average molecular weight is 140 g/mol. The maximum absolute atomic E-state index is 10.9. The van der Waals surface area contributed by atoms with Gasteiger partial charge in [-0.25, -0.2) is 4.79 Å². The van der Waals surface area contributed by atoms with Gasteiger partial charge in [0, 0.05) is 5.57 Å². The van der Waals surface area contributed by atoms with Crippen molar-refractivity contribution in [3.8, 4) is 0 Å². The van der Waals surface area contributed by atoms with Crippen LogP contribution in [-0.4, -0.2) is 12.1 Å². The van der Waals surface area contributed by atoms with E-state index in [1.807, 2.05) is 13.0 Å². The van der Waals surface area contributed by atoms with Crippen LogP contribution in [0.25, 0.3) is 0 Å². The van der Waals surface area contributed by atoms with Crippen LogP contribution in [0.15, 0.2) is 11.6 Å². The molecule has 0 saturated carbocycles. The predicted octanol–water partition coefficient (Wildman–Crippen LogP) is 1.66. The smallest absolute Gasteiger partial charge is 0.333 e. The maximum atomic E-state index is 10.9. The highest BCUT2D eigenvalue weighted by molar-refractivity contribution is 5.88. The second-order valence-corrected chi connectivity index (χ2v) is 2.68. The number of hydrogen-bond acceptors (Lipinski definition) is 2. The first-order valence-electron chi connectivity index (χ1n) is 3.58. The van der Waals surface area contributed by atoms with Crippen molar-refractivity contribution in [3.05, 3.63) is 11.6 Å². The summed E-state index contributed by atoms with van der Waals surface area (Å²) in [6.07, 6.45) is 3.93. The summed E-state index contributed by atoms with van der Waals surface area (Å²) >= 11 is 0. The number of cyclic esters (lactones) is 1. The van der Waals surface area contributed by atoms with E-state index >= 15 is 0 Å². The molecule has 1 aliphatic heterocycles. The fraction of sp³-hybridized carbons (Fsp3) is 0.625. The van der Waals surface area contributed by atoms with E-state index in [2.05, 4.69) is 0 Å². The third-order valence-corrected chi connectivity index (χ3v) is 1.65. The molecule has 1 rings (SSSR count). The largest absolute Gasteiger partial charge is 0.459 e. The summed E-state index contributed by atoms with van der Waals surface area (Å²) < 4.78 is 5.02. The zero-order valence-electron chi connectivity index (χ0n) is 6.39. The second kappa shape index (κ2) is 2.86. The number of allylic oxidation sites excluding steroid dienone is 1. The Hall–Kier alpha value is -0.790. The molecule has 56 valence electrons. The van der Waals surface area contributed by atoms with Gasteiger partial charge in [-0.3, -0.25) is 0 Å². The van der Waals surface area contributed by atoms with E-state index in [9.17, 15) is 4.79 Å². The van der Waals surface area contributed by atoms with Gasteiger partial charge in [-0.1, -0.05) is 6.08 Å². The van der Waals surface area contributed by atoms with Gasteiger partial charge in [0.25, 0.3) is 0 Å². The molecule has 0 spiro atoms. The number of esters is 1. The van der Waals surface area contributed by atoms with Crippen LogP contribution >= 0.6 is 0 Å². The molecule has 2 heteroatoms. The molecule has 0 bridgehead atoms. The Morgan fingerprint density at radius 3 is 3.10 bits per heavy atom. The Morgan fingerprint density at radius 1 is 1.70 bits per heavy atom. The van der Waals surface area contributed by atoms with Gasteiger partial charge in [-0.05, 0) is 26.7 Å². The monoisotopic (exact) mass is 140 g/mol. The lowest BCUT2D eigenvalue weighted by Gasteiger charge is -2.07. The average Bonchev–Trinajstić information content (AvgIpc) is 1.96. The minimum Gasteiger partial charge on any atom is -0.459 e. The van der Waals surface area contributed by atoms with Crippen molar-refractivity contribution in [1.82, 2.24) is 0 Å². The van der Waals surface area contributed by atoms with Crippen molar-refractivity contribution < 1.29 is 9.53 Å². The van der Waals surface area contributed by atoms with Crippen LogP contribution in [0.1, 0.15) is 26.7 Å². The fourth-order valence-corrected chi connectivity index (χ4v) is 0.952. The molecular weight excluding hydrogens is 128 g/mol. The Balaban J connectivity index is 2.64. The summed E-state index contributed by atoms with van der Waals surface area (Å²) in [6, 6.07) is 0. The Bertz CT molecular complexity index is 170. The highest BCUT2D eigenvalue weighted by Gasteiger charge is 2.13. The molecule has 0 saturated heterocycles. The quantitative estimate of drug-likeness (QED) is 0.478.